The zero-order valence-corrected chi connectivity index (χ0v) is 18.1. The molecule has 2 aromatic rings. The summed E-state index contributed by atoms with van der Waals surface area (Å²) in [5, 5.41) is 11.4. The van der Waals surface area contributed by atoms with E-state index in [-0.39, 0.29) is 12.8 Å². The van der Waals surface area contributed by atoms with Gasteiger partial charge in [0.1, 0.15) is 11.5 Å². The molecule has 2 atom stereocenters. The molecule has 9 nitrogen and oxygen atoms in total. The summed E-state index contributed by atoms with van der Waals surface area (Å²) < 4.78 is 38.6. The van der Waals surface area contributed by atoms with Crippen molar-refractivity contribution < 1.29 is 27.6 Å². The van der Waals surface area contributed by atoms with Crippen LogP contribution in [0.3, 0.4) is 0 Å². The van der Waals surface area contributed by atoms with E-state index in [1.807, 2.05) is 13.0 Å². The van der Waals surface area contributed by atoms with E-state index in [9.17, 15) is 23.3 Å². The van der Waals surface area contributed by atoms with Crippen molar-refractivity contribution in [3.8, 4) is 11.5 Å². The Morgan fingerprint density at radius 2 is 1.90 bits per heavy atom. The molecule has 0 N–H and O–H groups in total. The fraction of sp³-hybridized carbons (Fsp3) is 0.381. The van der Waals surface area contributed by atoms with Crippen LogP contribution in [-0.2, 0) is 26.7 Å². The summed E-state index contributed by atoms with van der Waals surface area (Å²) in [7, 11) is -1.35. The molecule has 2 aromatic carbocycles. The van der Waals surface area contributed by atoms with Gasteiger partial charge in [0, 0.05) is 29.5 Å². The molecule has 2 aliphatic rings. The Bertz CT molecular complexity index is 1190. The van der Waals surface area contributed by atoms with Crippen molar-refractivity contribution in [1.82, 2.24) is 4.31 Å². The van der Waals surface area contributed by atoms with Crippen LogP contribution < -0.4 is 9.47 Å². The summed E-state index contributed by atoms with van der Waals surface area (Å²) in [6, 6.07) is 8.00. The van der Waals surface area contributed by atoms with E-state index in [1.54, 1.807) is 13.2 Å². The Kier molecular flexibility index (Phi) is 4.92. The highest BCUT2D eigenvalue weighted by molar-refractivity contribution is 7.89. The summed E-state index contributed by atoms with van der Waals surface area (Å²) >= 11 is 0. The van der Waals surface area contributed by atoms with Gasteiger partial charge in [0.15, 0.2) is 4.90 Å². The maximum Gasteiger partial charge on any atom is 0.289 e. The minimum Gasteiger partial charge on any atom is -0.497 e. The maximum atomic E-state index is 13.4. The number of carbonyl (C=O) groups excluding carboxylic acids is 1. The Labute approximate surface area is 179 Å². The number of fused-ring (bicyclic) bond motifs is 4. The highest BCUT2D eigenvalue weighted by Gasteiger charge is 2.52. The number of nitrogens with zero attached hydrogens (tertiary/aromatic N) is 2. The van der Waals surface area contributed by atoms with E-state index in [4.69, 9.17) is 9.47 Å². The van der Waals surface area contributed by atoms with Crippen LogP contribution in [0.4, 0.5) is 5.69 Å². The van der Waals surface area contributed by atoms with Gasteiger partial charge in [-0.1, -0.05) is 19.1 Å². The monoisotopic (exact) mass is 446 g/mol. The lowest BCUT2D eigenvalue weighted by Crippen LogP contribution is -2.56. The van der Waals surface area contributed by atoms with Crippen LogP contribution >= 0.6 is 0 Å². The molecule has 2 bridgehead atoms. The van der Waals surface area contributed by atoms with Gasteiger partial charge in [-0.05, 0) is 30.5 Å². The van der Waals surface area contributed by atoms with Crippen LogP contribution in [0.5, 0.6) is 11.5 Å². The van der Waals surface area contributed by atoms with Crippen LogP contribution in [0.15, 0.2) is 41.3 Å². The Morgan fingerprint density at radius 3 is 2.55 bits per heavy atom. The molecule has 164 valence electrons. The smallest absolute Gasteiger partial charge is 0.289 e. The molecule has 0 spiro atoms. The molecule has 4 rings (SSSR count). The molecule has 1 saturated heterocycles. The van der Waals surface area contributed by atoms with Crippen LogP contribution in [0.1, 0.15) is 30.9 Å². The molecule has 0 saturated carbocycles. The highest BCUT2D eigenvalue weighted by atomic mass is 32.2. The number of hydrogen-bond donors (Lipinski definition) is 0. The largest absolute Gasteiger partial charge is 0.497 e. The molecule has 1 amide bonds. The molecule has 0 aromatic heterocycles. The number of para-hydroxylation sites is 1. The predicted molar refractivity (Wildman–Crippen MR) is 111 cm³/mol. The van der Waals surface area contributed by atoms with Crippen molar-refractivity contribution in [2.24, 2.45) is 0 Å². The van der Waals surface area contributed by atoms with Crippen molar-refractivity contribution in [2.45, 2.75) is 42.5 Å². The van der Waals surface area contributed by atoms with Crippen LogP contribution in [0, 0.1) is 10.1 Å². The number of piperidine rings is 1. The summed E-state index contributed by atoms with van der Waals surface area (Å²) in [5.74, 6) is 0.581. The van der Waals surface area contributed by atoms with Crippen molar-refractivity contribution in [3.05, 3.63) is 57.6 Å². The molecule has 0 radical (unpaired) electrons. The number of ether oxygens (including phenoxy) is 2. The fourth-order valence-corrected chi connectivity index (χ4v) is 6.67. The quantitative estimate of drug-likeness (QED) is 0.512. The van der Waals surface area contributed by atoms with Gasteiger partial charge in [-0.3, -0.25) is 14.9 Å². The highest BCUT2D eigenvalue weighted by Crippen LogP contribution is 2.51. The van der Waals surface area contributed by atoms with Crippen LogP contribution in [0.2, 0.25) is 0 Å². The minimum absolute atomic E-state index is 0.0565. The van der Waals surface area contributed by atoms with E-state index in [0.29, 0.717) is 17.9 Å². The lowest BCUT2D eigenvalue weighted by Gasteiger charge is -2.48. The Morgan fingerprint density at radius 1 is 1.19 bits per heavy atom. The van der Waals surface area contributed by atoms with E-state index in [1.165, 1.54) is 19.2 Å². The maximum absolute atomic E-state index is 13.4. The number of benzene rings is 2. The van der Waals surface area contributed by atoms with E-state index in [2.05, 4.69) is 0 Å². The number of amides is 1. The molecule has 1 fully saturated rings. The predicted octanol–water partition coefficient (Wildman–Crippen LogP) is 2.81. The molecule has 10 heteroatoms. The molecule has 1 aliphatic heterocycles. The lowest BCUT2D eigenvalue weighted by molar-refractivity contribution is -0.387. The van der Waals surface area contributed by atoms with Crippen molar-refractivity contribution in [1.29, 1.82) is 0 Å². The van der Waals surface area contributed by atoms with E-state index >= 15 is 0 Å². The van der Waals surface area contributed by atoms with E-state index in [0.717, 1.165) is 27.6 Å². The van der Waals surface area contributed by atoms with Crippen molar-refractivity contribution in [3.63, 3.8) is 0 Å². The molecule has 0 unspecified atom stereocenters. The summed E-state index contributed by atoms with van der Waals surface area (Å²) in [6.07, 6.45) is 0.609. The first-order valence-electron chi connectivity index (χ1n) is 9.68. The van der Waals surface area contributed by atoms with Gasteiger partial charge < -0.3 is 9.47 Å². The summed E-state index contributed by atoms with van der Waals surface area (Å²) in [6.45, 7) is 1.92. The molecule has 1 aliphatic carbocycles. The fourth-order valence-electron chi connectivity index (χ4n) is 4.92. The van der Waals surface area contributed by atoms with Gasteiger partial charge in [-0.15, -0.1) is 0 Å². The second-order valence-corrected chi connectivity index (χ2v) is 9.87. The second-order valence-electron chi connectivity index (χ2n) is 8.08. The minimum atomic E-state index is -4.42. The van der Waals surface area contributed by atoms with Gasteiger partial charge in [0.25, 0.3) is 15.7 Å². The number of methoxy groups -OCH3 is 2. The van der Waals surface area contributed by atoms with Gasteiger partial charge in [0.05, 0.1) is 25.2 Å². The summed E-state index contributed by atoms with van der Waals surface area (Å²) in [5.41, 5.74) is 0.540. The third-order valence-electron chi connectivity index (χ3n) is 6.08. The zero-order chi connectivity index (χ0) is 22.6. The standard InChI is InChI=1S/C21H22N2O7S/c1-21-11-14(8-13-9-15(29-2)10-17(30-3)20(13)21)22(19(24)12-21)31(27,28)18-7-5-4-6-16(18)23(25)26/h4-7,9-10,14H,8,11-12H2,1-3H3/t14-,21+/m0/s1. The normalized spacial score (nSPS) is 22.6. The number of carbonyl (C=O) groups is 1. The SMILES string of the molecule is COc1cc2c(c(OC)c1)[C@@]1(C)CC(=O)N(S(=O)(=O)c3ccccc3[N+](=O)[O-])[C@@H](C2)C1. The van der Waals surface area contributed by atoms with E-state index < -0.39 is 42.9 Å². The van der Waals surface area contributed by atoms with Crippen LogP contribution in [0.25, 0.3) is 0 Å². The number of nitro groups is 1. The third-order valence-corrected chi connectivity index (χ3v) is 8.00. The zero-order valence-electron chi connectivity index (χ0n) is 17.3. The van der Waals surface area contributed by atoms with Gasteiger partial charge >= 0.3 is 0 Å². The van der Waals surface area contributed by atoms with Crippen LogP contribution in [-0.4, -0.2) is 43.8 Å². The van der Waals surface area contributed by atoms with Crippen molar-refractivity contribution >= 4 is 21.6 Å². The van der Waals surface area contributed by atoms with Crippen molar-refractivity contribution in [2.75, 3.05) is 14.2 Å². The number of hydrogen-bond acceptors (Lipinski definition) is 7. The first-order chi connectivity index (χ1) is 14.6. The Balaban J connectivity index is 1.85. The molecule has 31 heavy (non-hydrogen) atoms. The topological polar surface area (TPSA) is 116 Å². The molecular formula is C21H22N2O7S. The number of nitro benzene ring substituents is 1. The van der Waals surface area contributed by atoms with Gasteiger partial charge in [0.2, 0.25) is 5.91 Å². The molecular weight excluding hydrogens is 424 g/mol. The first kappa shape index (κ1) is 21.1. The average Bonchev–Trinajstić information content (AvgIpc) is 2.71. The molecule has 1 heterocycles. The van der Waals surface area contributed by atoms with Gasteiger partial charge in [-0.2, -0.15) is 0 Å². The lowest BCUT2D eigenvalue weighted by atomic mass is 9.65. The number of rotatable bonds is 5. The Hall–Kier alpha value is -3.14. The summed E-state index contributed by atoms with van der Waals surface area (Å²) in [4.78, 5) is 23.3. The first-order valence-corrected chi connectivity index (χ1v) is 11.1. The average molecular weight is 446 g/mol. The third kappa shape index (κ3) is 3.21. The number of sulfonamides is 1. The van der Waals surface area contributed by atoms with Gasteiger partial charge in [-0.25, -0.2) is 12.7 Å². The second kappa shape index (κ2) is 7.23.